The Hall–Kier alpha value is -1.44. The van der Waals surface area contributed by atoms with Gasteiger partial charge < -0.3 is 0 Å². The van der Waals surface area contributed by atoms with E-state index in [0.29, 0.717) is 29.0 Å². The molecule has 0 aromatic carbocycles. The third-order valence-electron chi connectivity index (χ3n) is 8.46. The normalized spacial score (nSPS) is 39.4. The van der Waals surface area contributed by atoms with Crippen molar-refractivity contribution >= 4 is 11.6 Å². The molecule has 0 saturated heterocycles. The molecule has 2 fully saturated rings. The highest BCUT2D eigenvalue weighted by Crippen LogP contribution is 2.64. The van der Waals surface area contributed by atoms with E-state index in [9.17, 15) is 9.59 Å². The van der Waals surface area contributed by atoms with E-state index in [1.54, 1.807) is 6.92 Å². The minimum atomic E-state index is 0.181. The smallest absolute Gasteiger partial charge is 0.155 e. The van der Waals surface area contributed by atoms with E-state index in [4.69, 9.17) is 0 Å². The molecule has 0 radical (unpaired) electrons. The highest BCUT2D eigenvalue weighted by Gasteiger charge is 2.56. The molecule has 0 aromatic rings. The zero-order valence-corrected chi connectivity index (χ0v) is 17.7. The van der Waals surface area contributed by atoms with Crippen LogP contribution >= 0.6 is 0 Å². The van der Waals surface area contributed by atoms with Crippen LogP contribution in [0.4, 0.5) is 0 Å². The van der Waals surface area contributed by atoms with Crippen LogP contribution in [-0.4, -0.2) is 11.6 Å². The molecule has 0 aromatic heterocycles. The molecule has 0 bridgehead atoms. The van der Waals surface area contributed by atoms with Crippen molar-refractivity contribution in [2.45, 2.75) is 78.1 Å². The lowest BCUT2D eigenvalue weighted by atomic mass is 9.51. The van der Waals surface area contributed by atoms with E-state index < -0.39 is 0 Å². The molecule has 2 saturated carbocycles. The molecule has 0 aliphatic heterocycles. The number of ketones is 2. The Bertz CT molecular complexity index is 712. The molecule has 2 heteroatoms. The van der Waals surface area contributed by atoms with Crippen molar-refractivity contribution in [3.63, 3.8) is 0 Å². The second-order valence-electron chi connectivity index (χ2n) is 9.85. The van der Waals surface area contributed by atoms with E-state index in [1.165, 1.54) is 56.9 Å². The molecular formula is C26H36O2. The quantitative estimate of drug-likeness (QED) is 0.404. The van der Waals surface area contributed by atoms with Gasteiger partial charge in [0.1, 0.15) is 0 Å². The van der Waals surface area contributed by atoms with Crippen LogP contribution < -0.4 is 0 Å². The first-order chi connectivity index (χ1) is 13.5. The van der Waals surface area contributed by atoms with Crippen LogP contribution in [0.5, 0.6) is 0 Å². The molecular weight excluding hydrogens is 344 g/mol. The molecule has 4 aliphatic carbocycles. The first-order valence-corrected chi connectivity index (χ1v) is 11.7. The number of hydrogen-bond acceptors (Lipinski definition) is 2. The Kier molecular flexibility index (Phi) is 5.76. The van der Waals surface area contributed by atoms with Gasteiger partial charge in [-0.3, -0.25) is 9.59 Å². The zero-order valence-electron chi connectivity index (χ0n) is 17.7. The highest BCUT2D eigenvalue weighted by atomic mass is 16.1. The van der Waals surface area contributed by atoms with E-state index in [1.807, 2.05) is 12.2 Å². The van der Waals surface area contributed by atoms with Gasteiger partial charge in [0.05, 0.1) is 0 Å². The number of fused-ring (bicyclic) bond motifs is 5. The van der Waals surface area contributed by atoms with Crippen LogP contribution in [0.15, 0.2) is 36.0 Å². The van der Waals surface area contributed by atoms with Gasteiger partial charge in [-0.05, 0) is 98.2 Å². The third-order valence-corrected chi connectivity index (χ3v) is 8.46. The molecule has 0 amide bonds. The molecule has 5 unspecified atom stereocenters. The van der Waals surface area contributed by atoms with Crippen LogP contribution in [0.3, 0.4) is 0 Å². The van der Waals surface area contributed by atoms with Crippen molar-refractivity contribution < 1.29 is 9.59 Å². The summed E-state index contributed by atoms with van der Waals surface area (Å²) in [4.78, 5) is 23.5. The molecule has 28 heavy (non-hydrogen) atoms. The largest absolute Gasteiger partial charge is 0.295 e. The summed E-state index contributed by atoms with van der Waals surface area (Å²) in [6.45, 7) is 3.96. The van der Waals surface area contributed by atoms with Gasteiger partial charge in [-0.15, -0.1) is 0 Å². The number of allylic oxidation sites excluding steroid dienone is 6. The summed E-state index contributed by atoms with van der Waals surface area (Å²) in [6, 6.07) is 0. The lowest BCUT2D eigenvalue weighted by Crippen LogP contribution is -2.46. The fourth-order valence-electron chi connectivity index (χ4n) is 7.25. The molecule has 0 N–H and O–H groups in total. The Morgan fingerprint density at radius 2 is 2.07 bits per heavy atom. The fourth-order valence-corrected chi connectivity index (χ4v) is 7.25. The average Bonchev–Trinajstić information content (AvgIpc) is 3.04. The van der Waals surface area contributed by atoms with Crippen LogP contribution in [0.2, 0.25) is 0 Å². The van der Waals surface area contributed by atoms with Gasteiger partial charge in [-0.25, -0.2) is 0 Å². The van der Waals surface area contributed by atoms with Crippen LogP contribution in [-0.2, 0) is 9.59 Å². The predicted octanol–water partition coefficient (Wildman–Crippen LogP) is 6.23. The topological polar surface area (TPSA) is 34.1 Å². The summed E-state index contributed by atoms with van der Waals surface area (Å²) in [6.07, 6.45) is 23.0. The predicted molar refractivity (Wildman–Crippen MR) is 114 cm³/mol. The van der Waals surface area contributed by atoms with Crippen molar-refractivity contribution in [2.75, 3.05) is 0 Å². The first-order valence-electron chi connectivity index (χ1n) is 11.7. The average molecular weight is 381 g/mol. The SMILES string of the molecule is CCCCCC12CCC3C4CCC(=O)C=C4C=CC3C1CC[C@H]2/C=C\C(C)=O. The number of unbranched alkanes of at least 4 members (excludes halogenated alkanes) is 2. The second kappa shape index (κ2) is 8.13. The summed E-state index contributed by atoms with van der Waals surface area (Å²) in [7, 11) is 0. The molecule has 0 spiro atoms. The molecule has 4 aliphatic rings. The van der Waals surface area contributed by atoms with Crippen LogP contribution in [0.25, 0.3) is 0 Å². The van der Waals surface area contributed by atoms with Crippen molar-refractivity contribution in [3.8, 4) is 0 Å². The summed E-state index contributed by atoms with van der Waals surface area (Å²) in [5.74, 6) is 3.81. The van der Waals surface area contributed by atoms with E-state index >= 15 is 0 Å². The fraction of sp³-hybridized carbons (Fsp3) is 0.692. The maximum atomic E-state index is 11.9. The summed E-state index contributed by atoms with van der Waals surface area (Å²) in [5, 5.41) is 0. The maximum absolute atomic E-state index is 11.9. The minimum Gasteiger partial charge on any atom is -0.295 e. The van der Waals surface area contributed by atoms with E-state index in [2.05, 4.69) is 25.2 Å². The van der Waals surface area contributed by atoms with Crippen molar-refractivity contribution in [2.24, 2.45) is 35.0 Å². The van der Waals surface area contributed by atoms with E-state index in [0.717, 1.165) is 24.7 Å². The summed E-state index contributed by atoms with van der Waals surface area (Å²) in [5.41, 5.74) is 1.69. The van der Waals surface area contributed by atoms with Gasteiger partial charge in [0.2, 0.25) is 0 Å². The van der Waals surface area contributed by atoms with Gasteiger partial charge in [-0.2, -0.15) is 0 Å². The maximum Gasteiger partial charge on any atom is 0.155 e. The van der Waals surface area contributed by atoms with Crippen LogP contribution in [0.1, 0.15) is 78.1 Å². The van der Waals surface area contributed by atoms with Gasteiger partial charge in [0.25, 0.3) is 0 Å². The summed E-state index contributed by atoms with van der Waals surface area (Å²) >= 11 is 0. The number of carbonyl (C=O) groups excluding carboxylic acids is 2. The highest BCUT2D eigenvalue weighted by molar-refractivity contribution is 5.92. The molecule has 6 atom stereocenters. The number of rotatable bonds is 6. The standard InChI is InChI=1S/C26H36O2/c1-3-4-5-15-26-16-14-23-22-12-10-21(28)17-19(22)7-11-24(23)25(26)13-9-20(26)8-6-18(2)27/h6-8,11,17,20,22-25H,3-5,9-10,12-16H2,1-2H3/b8-6-/t20-,22?,23?,24?,25?,26?/m1/s1. The number of hydrogen-bond donors (Lipinski definition) is 0. The first kappa shape index (κ1) is 19.9. The Balaban J connectivity index is 1.63. The lowest BCUT2D eigenvalue weighted by Gasteiger charge is -2.53. The van der Waals surface area contributed by atoms with Crippen LogP contribution in [0, 0.1) is 35.0 Å². The van der Waals surface area contributed by atoms with Gasteiger partial charge in [0, 0.05) is 6.42 Å². The number of carbonyl (C=O) groups is 2. The lowest BCUT2D eigenvalue weighted by molar-refractivity contribution is -0.116. The second-order valence-corrected chi connectivity index (χ2v) is 9.85. The zero-order chi connectivity index (χ0) is 19.7. The minimum absolute atomic E-state index is 0.181. The molecule has 2 nitrogen and oxygen atoms in total. The molecule has 152 valence electrons. The monoisotopic (exact) mass is 380 g/mol. The van der Waals surface area contributed by atoms with Crippen molar-refractivity contribution in [3.05, 3.63) is 36.0 Å². The molecule has 4 rings (SSSR count). The van der Waals surface area contributed by atoms with Crippen molar-refractivity contribution in [1.82, 2.24) is 0 Å². The summed E-state index contributed by atoms with van der Waals surface area (Å²) < 4.78 is 0. The Labute approximate surface area is 170 Å². The van der Waals surface area contributed by atoms with E-state index in [-0.39, 0.29) is 5.78 Å². The van der Waals surface area contributed by atoms with Gasteiger partial charge >= 0.3 is 0 Å². The molecule has 0 heterocycles. The van der Waals surface area contributed by atoms with Gasteiger partial charge in [0.15, 0.2) is 11.6 Å². The third kappa shape index (κ3) is 3.48. The van der Waals surface area contributed by atoms with Gasteiger partial charge in [-0.1, -0.05) is 44.4 Å². The Morgan fingerprint density at radius 3 is 2.86 bits per heavy atom. The van der Waals surface area contributed by atoms with Crippen molar-refractivity contribution in [1.29, 1.82) is 0 Å². The Morgan fingerprint density at radius 1 is 1.21 bits per heavy atom.